The van der Waals surface area contributed by atoms with Crippen LogP contribution in [0, 0.1) is 41.7 Å². The lowest BCUT2D eigenvalue weighted by Crippen LogP contribution is -2.28. The highest BCUT2D eigenvalue weighted by Crippen LogP contribution is 2.56. The van der Waals surface area contributed by atoms with Gasteiger partial charge >= 0.3 is 0 Å². The minimum absolute atomic E-state index is 0.000851. The van der Waals surface area contributed by atoms with Gasteiger partial charge in [-0.15, -0.1) is 0 Å². The Morgan fingerprint density at radius 3 is 1.67 bits per heavy atom. The van der Waals surface area contributed by atoms with Crippen LogP contribution in [0.1, 0.15) is 99.5 Å². The summed E-state index contributed by atoms with van der Waals surface area (Å²) in [5.74, 6) is -0.777. The van der Waals surface area contributed by atoms with Gasteiger partial charge in [0.25, 0.3) is 31.6 Å². The van der Waals surface area contributed by atoms with Crippen LogP contribution < -0.4 is 4.90 Å². The zero-order valence-electron chi connectivity index (χ0n) is 38.8. The van der Waals surface area contributed by atoms with Gasteiger partial charge in [0.2, 0.25) is 0 Å². The largest absolute Gasteiger partial charge is 0.381 e. The van der Waals surface area contributed by atoms with E-state index in [9.17, 15) is 36.5 Å². The summed E-state index contributed by atoms with van der Waals surface area (Å²) in [7, 11) is -8.18. The van der Waals surface area contributed by atoms with E-state index in [1.807, 2.05) is 92.7 Å². The number of fused-ring (bicyclic) bond motifs is 3. The Balaban J connectivity index is 1.51. The number of benzene rings is 5. The van der Waals surface area contributed by atoms with Crippen LogP contribution in [0.5, 0.6) is 0 Å². The summed E-state index contributed by atoms with van der Waals surface area (Å²) in [4.78, 5) is 9.38. The number of nitrogens with zero attached hydrogens (tertiary/aromatic N) is 5. The third-order valence-corrected chi connectivity index (χ3v) is 14.1. The minimum Gasteiger partial charge on any atom is -0.381 e. The summed E-state index contributed by atoms with van der Waals surface area (Å²) < 4.78 is 70.7. The van der Waals surface area contributed by atoms with Gasteiger partial charge in [-0.2, -0.15) is 16.8 Å². The molecule has 0 fully saturated rings. The topological polar surface area (TPSA) is 178 Å². The van der Waals surface area contributed by atoms with E-state index in [2.05, 4.69) is 69.2 Å². The van der Waals surface area contributed by atoms with E-state index in [0.29, 0.717) is 66.5 Å². The molecule has 0 radical (unpaired) electrons. The SMILES string of the molecule is [C-]#[N+]/C(C#N)=C(\c1ccc(/C(=C(\C#N)[N+]#[C-])C(C)C)cc1)c1ccc2c(c1)C(CCCCCCCS(=O)(=O)O)(CCOCCCCS(=O)(=O)O)c1cc(N(c3ccccc3)c3ccccc3)ccc1-2. The highest BCUT2D eigenvalue weighted by molar-refractivity contribution is 7.86. The standard InChI is InChI=1S/C55H55N5O7S2/c1-40(2)53(51(38-56)58-3)41-22-24-42(25-23-41)54(52(39-57)59-4)43-26-28-47-48-29-27-46(60(44-18-10-8-11-19-44)45-20-12-9-13-21-45)37-50(48)55(49(47)36-43,30-14-6-5-7-16-34-68(61,62)63)31-33-67-32-15-17-35-69(64,65)66/h8-13,18-29,36-37,40H,5-7,14-17,30-35H2,1-2H3,(H,61,62,63)(H,64,65,66)/b53-51+,54-52+. The van der Waals surface area contributed by atoms with Crippen LogP contribution in [-0.4, -0.2) is 50.7 Å². The molecular formula is C55H55N5O7S2. The van der Waals surface area contributed by atoms with Crippen molar-refractivity contribution in [3.8, 4) is 23.3 Å². The molecule has 0 bridgehead atoms. The van der Waals surface area contributed by atoms with Crippen molar-refractivity contribution in [2.24, 2.45) is 5.92 Å². The maximum atomic E-state index is 11.5. The van der Waals surface area contributed by atoms with E-state index in [-0.39, 0.29) is 41.8 Å². The molecule has 12 nitrogen and oxygen atoms in total. The Kier molecular flexibility index (Phi) is 17.5. The molecule has 0 saturated carbocycles. The maximum Gasteiger partial charge on any atom is 0.270 e. The molecule has 0 saturated heterocycles. The second-order valence-corrected chi connectivity index (χ2v) is 20.5. The fraction of sp³-hybridized carbons (Fsp3) is 0.309. The number of unbranched alkanes of at least 4 members (excludes halogenated alkanes) is 5. The number of allylic oxidation sites excluding steroid dienone is 3. The minimum atomic E-state index is -4.11. The zero-order chi connectivity index (χ0) is 49.6. The number of para-hydroxylation sites is 2. The van der Waals surface area contributed by atoms with Gasteiger partial charge < -0.3 is 9.64 Å². The van der Waals surface area contributed by atoms with Crippen molar-refractivity contribution in [1.82, 2.24) is 0 Å². The molecule has 1 atom stereocenters. The number of nitriles is 2. The summed E-state index contributed by atoms with van der Waals surface area (Å²) in [6.45, 7) is 20.2. The Morgan fingerprint density at radius 1 is 0.609 bits per heavy atom. The molecule has 0 spiro atoms. The van der Waals surface area contributed by atoms with E-state index in [4.69, 9.17) is 17.9 Å². The Morgan fingerprint density at radius 2 is 1.12 bits per heavy atom. The van der Waals surface area contributed by atoms with Gasteiger partial charge in [0.1, 0.15) is 0 Å². The van der Waals surface area contributed by atoms with Crippen molar-refractivity contribution in [3.05, 3.63) is 183 Å². The summed E-state index contributed by atoms with van der Waals surface area (Å²) in [5.41, 5.74) is 9.08. The first-order chi connectivity index (χ1) is 33.1. The average molecular weight is 962 g/mol. The van der Waals surface area contributed by atoms with Crippen LogP contribution in [0.25, 0.3) is 32.0 Å². The lowest BCUT2D eigenvalue weighted by Gasteiger charge is -2.34. The summed E-state index contributed by atoms with van der Waals surface area (Å²) in [6, 6.07) is 44.1. The monoisotopic (exact) mass is 961 g/mol. The highest BCUT2D eigenvalue weighted by atomic mass is 32.2. The van der Waals surface area contributed by atoms with Crippen molar-refractivity contribution in [2.75, 3.05) is 29.6 Å². The molecule has 0 amide bonds. The molecule has 5 aromatic carbocycles. The molecule has 6 rings (SSSR count). The summed E-state index contributed by atoms with van der Waals surface area (Å²) >= 11 is 0. The molecule has 354 valence electrons. The first-order valence-corrected chi connectivity index (χ1v) is 26.2. The average Bonchev–Trinajstić information content (AvgIpc) is 3.59. The molecular weight excluding hydrogens is 907 g/mol. The van der Waals surface area contributed by atoms with Gasteiger partial charge in [-0.3, -0.25) is 9.11 Å². The van der Waals surface area contributed by atoms with Gasteiger partial charge in [-0.25, -0.2) is 20.2 Å². The highest BCUT2D eigenvalue weighted by Gasteiger charge is 2.43. The summed E-state index contributed by atoms with van der Waals surface area (Å²) in [6.07, 6.45) is 5.03. The van der Waals surface area contributed by atoms with Gasteiger partial charge in [0.05, 0.1) is 36.8 Å². The molecule has 2 N–H and O–H groups in total. The van der Waals surface area contributed by atoms with Gasteiger partial charge in [-0.1, -0.05) is 124 Å². The van der Waals surface area contributed by atoms with Gasteiger partial charge in [0.15, 0.2) is 0 Å². The van der Waals surface area contributed by atoms with E-state index in [1.165, 1.54) is 0 Å². The number of ether oxygens (including phenoxy) is 1. The predicted octanol–water partition coefficient (Wildman–Crippen LogP) is 12.7. The normalized spacial score (nSPS) is 14.9. The second kappa shape index (κ2) is 23.4. The Hall–Kier alpha value is -6.88. The van der Waals surface area contributed by atoms with Crippen molar-refractivity contribution in [2.45, 2.75) is 77.0 Å². The van der Waals surface area contributed by atoms with Gasteiger partial charge in [0, 0.05) is 41.3 Å². The van der Waals surface area contributed by atoms with Crippen LogP contribution >= 0.6 is 0 Å². The van der Waals surface area contributed by atoms with Crippen LogP contribution in [0.2, 0.25) is 0 Å². The Bertz CT molecular complexity index is 2970. The number of hydrogen-bond acceptors (Lipinski definition) is 8. The molecule has 0 heterocycles. The number of rotatable bonds is 23. The number of hydrogen-bond donors (Lipinski definition) is 2. The van der Waals surface area contributed by atoms with Crippen molar-refractivity contribution in [3.63, 3.8) is 0 Å². The van der Waals surface area contributed by atoms with Crippen LogP contribution in [0.4, 0.5) is 17.1 Å². The fourth-order valence-corrected chi connectivity index (χ4v) is 10.5. The first kappa shape index (κ1) is 51.5. The third-order valence-electron chi connectivity index (χ3n) is 12.5. The van der Waals surface area contributed by atoms with Crippen molar-refractivity contribution >= 4 is 48.4 Å². The van der Waals surface area contributed by atoms with Gasteiger partial charge in [-0.05, 0) is 119 Å². The fourth-order valence-electron chi connectivity index (χ4n) is 9.40. The lowest BCUT2D eigenvalue weighted by atomic mass is 9.71. The van der Waals surface area contributed by atoms with E-state index in [0.717, 1.165) is 58.6 Å². The summed E-state index contributed by atoms with van der Waals surface area (Å²) in [5, 5.41) is 20.2. The van der Waals surface area contributed by atoms with E-state index in [1.54, 1.807) is 0 Å². The number of anilines is 3. The molecule has 0 aromatic heterocycles. The second-order valence-electron chi connectivity index (χ2n) is 17.4. The first-order valence-electron chi connectivity index (χ1n) is 23.0. The van der Waals surface area contributed by atoms with Crippen molar-refractivity contribution < 1.29 is 30.7 Å². The van der Waals surface area contributed by atoms with Crippen molar-refractivity contribution in [1.29, 1.82) is 10.5 Å². The maximum absolute atomic E-state index is 11.5. The molecule has 5 aromatic rings. The van der Waals surface area contributed by atoms with Crippen LogP contribution in [0.15, 0.2) is 133 Å². The van der Waals surface area contributed by atoms with Crippen LogP contribution in [0.3, 0.4) is 0 Å². The van der Waals surface area contributed by atoms with E-state index >= 15 is 0 Å². The Labute approximate surface area is 407 Å². The molecule has 14 heteroatoms. The lowest BCUT2D eigenvalue weighted by molar-refractivity contribution is 0.115. The zero-order valence-corrected chi connectivity index (χ0v) is 40.4. The molecule has 1 unspecified atom stereocenters. The molecule has 1 aliphatic carbocycles. The predicted molar refractivity (Wildman–Crippen MR) is 271 cm³/mol. The molecule has 1 aliphatic rings. The van der Waals surface area contributed by atoms with E-state index < -0.39 is 25.7 Å². The smallest absolute Gasteiger partial charge is 0.270 e. The van der Waals surface area contributed by atoms with Crippen LogP contribution in [-0.2, 0) is 30.4 Å². The molecule has 0 aliphatic heterocycles. The quantitative estimate of drug-likeness (QED) is 0.0277. The molecule has 69 heavy (non-hydrogen) atoms. The third kappa shape index (κ3) is 12.8.